The number of rotatable bonds is 8. The third kappa shape index (κ3) is 3.94. The standard InChI is InChI=1S/C19H20O6/c1-13(25-15-10-6-3-7-11-15)17(22)19(24,18(23)16(21)12-20)14-8-4-2-5-9-14/h2-11,16,18,20-21,23-24H,1,12H2. The molecule has 3 atom stereocenters. The average Bonchev–Trinajstić information content (AvgIpc) is 2.66. The van der Waals surface area contributed by atoms with E-state index < -0.39 is 36.0 Å². The van der Waals surface area contributed by atoms with Gasteiger partial charge in [-0.1, -0.05) is 55.1 Å². The van der Waals surface area contributed by atoms with Crippen LogP contribution in [0.25, 0.3) is 0 Å². The van der Waals surface area contributed by atoms with Crippen molar-refractivity contribution < 1.29 is 30.0 Å². The zero-order valence-electron chi connectivity index (χ0n) is 13.4. The van der Waals surface area contributed by atoms with Crippen molar-refractivity contribution in [2.45, 2.75) is 17.8 Å². The number of para-hydroxylation sites is 1. The monoisotopic (exact) mass is 344 g/mol. The van der Waals surface area contributed by atoms with Gasteiger partial charge in [0.15, 0.2) is 11.4 Å². The Bertz CT molecular complexity index is 715. The molecule has 0 aliphatic heterocycles. The normalized spacial score (nSPS) is 15.7. The lowest BCUT2D eigenvalue weighted by Gasteiger charge is -2.34. The minimum Gasteiger partial charge on any atom is -0.454 e. The molecule has 0 spiro atoms. The van der Waals surface area contributed by atoms with Crippen molar-refractivity contribution in [3.63, 3.8) is 0 Å². The Morgan fingerprint density at radius 2 is 1.56 bits per heavy atom. The summed E-state index contributed by atoms with van der Waals surface area (Å²) in [5.74, 6) is -1.11. The predicted molar refractivity (Wildman–Crippen MR) is 90.7 cm³/mol. The van der Waals surface area contributed by atoms with E-state index in [4.69, 9.17) is 9.84 Å². The molecule has 0 saturated heterocycles. The molecule has 132 valence electrons. The van der Waals surface area contributed by atoms with Gasteiger partial charge in [0.25, 0.3) is 0 Å². The number of ether oxygens (including phenoxy) is 1. The summed E-state index contributed by atoms with van der Waals surface area (Å²) in [4.78, 5) is 12.8. The number of aliphatic hydroxyl groups excluding tert-OH is 3. The number of ketones is 1. The highest BCUT2D eigenvalue weighted by Gasteiger charge is 2.49. The fourth-order valence-electron chi connectivity index (χ4n) is 2.40. The molecule has 0 heterocycles. The van der Waals surface area contributed by atoms with E-state index in [0.29, 0.717) is 5.75 Å². The van der Waals surface area contributed by atoms with Crippen LogP contribution < -0.4 is 4.74 Å². The van der Waals surface area contributed by atoms with Crippen LogP contribution in [0.15, 0.2) is 73.0 Å². The maximum atomic E-state index is 12.8. The van der Waals surface area contributed by atoms with E-state index in [1.54, 1.807) is 48.5 Å². The number of Topliss-reactive ketones (excluding diaryl/α,β-unsaturated/α-hetero) is 1. The van der Waals surface area contributed by atoms with Crippen molar-refractivity contribution in [3.05, 3.63) is 78.6 Å². The van der Waals surface area contributed by atoms with Crippen LogP contribution in [-0.2, 0) is 10.4 Å². The van der Waals surface area contributed by atoms with Crippen molar-refractivity contribution in [3.8, 4) is 5.75 Å². The van der Waals surface area contributed by atoms with Crippen LogP contribution in [0.3, 0.4) is 0 Å². The second-order valence-electron chi connectivity index (χ2n) is 5.49. The zero-order valence-corrected chi connectivity index (χ0v) is 13.4. The van der Waals surface area contributed by atoms with Gasteiger partial charge in [-0.05, 0) is 17.7 Å². The molecule has 3 unspecified atom stereocenters. The summed E-state index contributed by atoms with van der Waals surface area (Å²) < 4.78 is 5.35. The molecule has 2 aromatic carbocycles. The van der Waals surface area contributed by atoms with E-state index in [1.165, 1.54) is 12.1 Å². The SMILES string of the molecule is C=C(Oc1ccccc1)C(=O)C(O)(c1ccccc1)C(O)C(O)CO. The van der Waals surface area contributed by atoms with Gasteiger partial charge < -0.3 is 25.2 Å². The number of carbonyl (C=O) groups excluding carboxylic acids is 1. The molecule has 0 bridgehead atoms. The highest BCUT2D eigenvalue weighted by Crippen LogP contribution is 2.31. The Morgan fingerprint density at radius 3 is 2.08 bits per heavy atom. The largest absolute Gasteiger partial charge is 0.454 e. The topological polar surface area (TPSA) is 107 Å². The van der Waals surface area contributed by atoms with Gasteiger partial charge in [0, 0.05) is 0 Å². The first-order valence-electron chi connectivity index (χ1n) is 7.62. The molecular weight excluding hydrogens is 324 g/mol. The van der Waals surface area contributed by atoms with E-state index >= 15 is 0 Å². The quantitative estimate of drug-likeness (QED) is 0.416. The van der Waals surface area contributed by atoms with Gasteiger partial charge in [-0.15, -0.1) is 0 Å². The number of hydrogen-bond donors (Lipinski definition) is 4. The van der Waals surface area contributed by atoms with Gasteiger partial charge in [0.05, 0.1) is 6.61 Å². The summed E-state index contributed by atoms with van der Waals surface area (Å²) in [6.07, 6.45) is -3.72. The molecule has 6 heteroatoms. The van der Waals surface area contributed by atoms with E-state index in [0.717, 1.165) is 0 Å². The minimum atomic E-state index is -2.53. The Labute approximate surface area is 145 Å². The lowest BCUT2D eigenvalue weighted by Crippen LogP contribution is -2.54. The first-order valence-corrected chi connectivity index (χ1v) is 7.62. The molecule has 2 aromatic rings. The van der Waals surface area contributed by atoms with Gasteiger partial charge in [-0.3, -0.25) is 4.79 Å². The van der Waals surface area contributed by atoms with Crippen LogP contribution in [-0.4, -0.2) is 45.0 Å². The van der Waals surface area contributed by atoms with E-state index in [1.807, 2.05) is 0 Å². The Hall–Kier alpha value is -2.51. The molecule has 0 aliphatic carbocycles. The van der Waals surface area contributed by atoms with Crippen LogP contribution in [0, 0.1) is 0 Å². The van der Waals surface area contributed by atoms with Crippen LogP contribution >= 0.6 is 0 Å². The highest BCUT2D eigenvalue weighted by atomic mass is 16.5. The second kappa shape index (κ2) is 8.04. The fourth-order valence-corrected chi connectivity index (χ4v) is 2.40. The van der Waals surface area contributed by atoms with Crippen LogP contribution in [0.5, 0.6) is 5.75 Å². The first-order chi connectivity index (χ1) is 11.9. The summed E-state index contributed by atoms with van der Waals surface area (Å²) in [5.41, 5.74) is -2.49. The second-order valence-corrected chi connectivity index (χ2v) is 5.49. The van der Waals surface area contributed by atoms with Crippen LogP contribution in [0.2, 0.25) is 0 Å². The van der Waals surface area contributed by atoms with Gasteiger partial charge >= 0.3 is 0 Å². The van der Waals surface area contributed by atoms with E-state index in [2.05, 4.69) is 6.58 Å². The molecule has 0 radical (unpaired) electrons. The summed E-state index contributed by atoms with van der Waals surface area (Å²) >= 11 is 0. The molecule has 0 aliphatic rings. The number of benzene rings is 2. The van der Waals surface area contributed by atoms with Crippen molar-refractivity contribution >= 4 is 5.78 Å². The van der Waals surface area contributed by atoms with Crippen molar-refractivity contribution in [2.75, 3.05) is 6.61 Å². The Morgan fingerprint density at radius 1 is 1.04 bits per heavy atom. The molecule has 25 heavy (non-hydrogen) atoms. The lowest BCUT2D eigenvalue weighted by atomic mass is 9.81. The lowest BCUT2D eigenvalue weighted by molar-refractivity contribution is -0.166. The molecule has 0 aromatic heterocycles. The predicted octanol–water partition coefficient (Wildman–Crippen LogP) is 0.750. The smallest absolute Gasteiger partial charge is 0.236 e. The Kier molecular flexibility index (Phi) is 6.06. The average molecular weight is 344 g/mol. The fraction of sp³-hybridized carbons (Fsp3) is 0.211. The maximum absolute atomic E-state index is 12.8. The van der Waals surface area contributed by atoms with Gasteiger partial charge in [-0.2, -0.15) is 0 Å². The number of hydrogen-bond acceptors (Lipinski definition) is 6. The number of carbonyl (C=O) groups is 1. The summed E-state index contributed by atoms with van der Waals surface area (Å²) in [7, 11) is 0. The summed E-state index contributed by atoms with van der Waals surface area (Å²) in [6, 6.07) is 16.0. The highest BCUT2D eigenvalue weighted by molar-refractivity contribution is 6.01. The Balaban J connectivity index is 2.38. The van der Waals surface area contributed by atoms with Gasteiger partial charge in [0.2, 0.25) is 5.78 Å². The van der Waals surface area contributed by atoms with Crippen molar-refractivity contribution in [2.24, 2.45) is 0 Å². The molecule has 2 rings (SSSR count). The minimum absolute atomic E-state index is 0.0396. The van der Waals surface area contributed by atoms with Crippen molar-refractivity contribution in [1.82, 2.24) is 0 Å². The molecule has 0 saturated carbocycles. The maximum Gasteiger partial charge on any atom is 0.236 e. The third-order valence-corrected chi connectivity index (χ3v) is 3.78. The first kappa shape index (κ1) is 18.8. The van der Waals surface area contributed by atoms with Gasteiger partial charge in [-0.25, -0.2) is 0 Å². The number of aliphatic hydroxyl groups is 4. The van der Waals surface area contributed by atoms with Crippen molar-refractivity contribution in [1.29, 1.82) is 0 Å². The molecule has 0 fully saturated rings. The van der Waals surface area contributed by atoms with Crippen LogP contribution in [0.1, 0.15) is 5.56 Å². The summed E-state index contributed by atoms with van der Waals surface area (Å²) in [6.45, 7) is 2.68. The van der Waals surface area contributed by atoms with E-state index in [-0.39, 0.29) is 5.56 Å². The molecular formula is C19H20O6. The summed E-state index contributed by atoms with van der Waals surface area (Å²) in [5, 5.41) is 40.1. The van der Waals surface area contributed by atoms with Gasteiger partial charge in [0.1, 0.15) is 18.0 Å². The van der Waals surface area contributed by atoms with E-state index in [9.17, 15) is 20.1 Å². The zero-order chi connectivity index (χ0) is 18.4. The molecule has 6 nitrogen and oxygen atoms in total. The molecule has 0 amide bonds. The van der Waals surface area contributed by atoms with Crippen LogP contribution in [0.4, 0.5) is 0 Å². The third-order valence-electron chi connectivity index (χ3n) is 3.78. The molecule has 4 N–H and O–H groups in total.